The van der Waals surface area contributed by atoms with E-state index in [9.17, 15) is 13.6 Å². The van der Waals surface area contributed by atoms with Crippen molar-refractivity contribution in [1.82, 2.24) is 15.1 Å². The van der Waals surface area contributed by atoms with E-state index in [2.05, 4.69) is 15.5 Å². The lowest BCUT2D eigenvalue weighted by molar-refractivity contribution is 0.0748. The van der Waals surface area contributed by atoms with Gasteiger partial charge in [0.15, 0.2) is 23.1 Å². The number of aromatic nitrogens is 2. The van der Waals surface area contributed by atoms with Crippen molar-refractivity contribution in [3.8, 4) is 0 Å². The molecule has 0 aliphatic heterocycles. The molecule has 0 fully saturated rings. The van der Waals surface area contributed by atoms with Gasteiger partial charge in [-0.15, -0.1) is 10.2 Å². The van der Waals surface area contributed by atoms with Crippen LogP contribution >= 0.6 is 0 Å². The Bertz CT molecular complexity index is 685. The van der Waals surface area contributed by atoms with Crippen molar-refractivity contribution in [1.29, 1.82) is 0 Å². The van der Waals surface area contributed by atoms with Crippen molar-refractivity contribution >= 4 is 17.4 Å². The number of hydrogen-bond acceptors (Lipinski definition) is 4. The Morgan fingerprint density at radius 2 is 1.75 bits per heavy atom. The van der Waals surface area contributed by atoms with Gasteiger partial charge in [-0.3, -0.25) is 4.79 Å². The molecule has 0 aliphatic carbocycles. The van der Waals surface area contributed by atoms with E-state index >= 15 is 0 Å². The van der Waals surface area contributed by atoms with Crippen LogP contribution in [-0.2, 0) is 0 Å². The highest BCUT2D eigenvalue weighted by atomic mass is 19.2. The normalized spacial score (nSPS) is 10.5. The minimum atomic E-state index is -0.950. The van der Waals surface area contributed by atoms with Gasteiger partial charge in [-0.05, 0) is 37.1 Å². The molecule has 0 radical (unpaired) electrons. The van der Waals surface area contributed by atoms with Gasteiger partial charge in [-0.1, -0.05) is 13.8 Å². The molecular weight excluding hydrogens is 314 g/mol. The van der Waals surface area contributed by atoms with E-state index in [-0.39, 0.29) is 11.6 Å². The molecule has 0 saturated heterocycles. The molecule has 0 unspecified atom stereocenters. The Morgan fingerprint density at radius 3 is 2.29 bits per heavy atom. The van der Waals surface area contributed by atoms with E-state index in [0.717, 1.165) is 25.0 Å². The van der Waals surface area contributed by atoms with Gasteiger partial charge < -0.3 is 10.2 Å². The van der Waals surface area contributed by atoms with Gasteiger partial charge in [0.2, 0.25) is 0 Å². The molecule has 0 bridgehead atoms. The number of anilines is 2. The van der Waals surface area contributed by atoms with Crippen LogP contribution in [0, 0.1) is 11.6 Å². The van der Waals surface area contributed by atoms with Crippen LogP contribution in [0.15, 0.2) is 30.3 Å². The van der Waals surface area contributed by atoms with Crippen LogP contribution in [0.1, 0.15) is 37.2 Å². The maximum absolute atomic E-state index is 13.2. The second-order valence-corrected chi connectivity index (χ2v) is 5.35. The summed E-state index contributed by atoms with van der Waals surface area (Å²) >= 11 is 0. The average molecular weight is 334 g/mol. The second kappa shape index (κ2) is 8.33. The van der Waals surface area contributed by atoms with Crippen molar-refractivity contribution in [2.75, 3.05) is 18.4 Å². The number of hydrogen-bond donors (Lipinski definition) is 1. The number of carbonyl (C=O) groups excluding carboxylic acids is 1. The predicted molar refractivity (Wildman–Crippen MR) is 88.2 cm³/mol. The zero-order valence-electron chi connectivity index (χ0n) is 13.7. The van der Waals surface area contributed by atoms with Gasteiger partial charge >= 0.3 is 0 Å². The summed E-state index contributed by atoms with van der Waals surface area (Å²) in [6.07, 6.45) is 1.74. The van der Waals surface area contributed by atoms with E-state index in [1.54, 1.807) is 17.0 Å². The lowest BCUT2D eigenvalue weighted by Crippen LogP contribution is -2.33. The molecule has 128 valence electrons. The van der Waals surface area contributed by atoms with Crippen LogP contribution in [0.4, 0.5) is 20.3 Å². The molecule has 1 N–H and O–H groups in total. The third kappa shape index (κ3) is 4.47. The van der Waals surface area contributed by atoms with E-state index in [4.69, 9.17) is 0 Å². The maximum Gasteiger partial charge on any atom is 0.274 e. The number of nitrogens with one attached hydrogen (secondary N) is 1. The fourth-order valence-corrected chi connectivity index (χ4v) is 2.25. The van der Waals surface area contributed by atoms with Crippen molar-refractivity contribution < 1.29 is 13.6 Å². The quantitative estimate of drug-likeness (QED) is 0.837. The topological polar surface area (TPSA) is 58.1 Å². The molecule has 0 saturated carbocycles. The molecule has 0 aliphatic rings. The summed E-state index contributed by atoms with van der Waals surface area (Å²) in [6, 6.07) is 6.59. The van der Waals surface area contributed by atoms with Gasteiger partial charge in [-0.25, -0.2) is 8.78 Å². The van der Waals surface area contributed by atoms with Gasteiger partial charge in [0.1, 0.15) is 0 Å². The first kappa shape index (κ1) is 17.8. The Morgan fingerprint density at radius 1 is 1.04 bits per heavy atom. The van der Waals surface area contributed by atoms with Crippen LogP contribution in [0.2, 0.25) is 0 Å². The first-order chi connectivity index (χ1) is 11.5. The summed E-state index contributed by atoms with van der Waals surface area (Å²) in [4.78, 5) is 14.1. The van der Waals surface area contributed by atoms with Gasteiger partial charge in [-0.2, -0.15) is 0 Å². The molecule has 1 heterocycles. The summed E-state index contributed by atoms with van der Waals surface area (Å²) in [5.41, 5.74) is 0.605. The van der Waals surface area contributed by atoms with Crippen LogP contribution in [-0.4, -0.2) is 34.1 Å². The second-order valence-electron chi connectivity index (χ2n) is 5.35. The summed E-state index contributed by atoms with van der Waals surface area (Å²) < 4.78 is 26.1. The molecule has 1 amide bonds. The molecule has 0 spiro atoms. The van der Waals surface area contributed by atoms with E-state index in [1.165, 1.54) is 6.07 Å². The standard InChI is InChI=1S/C17H20F2N4O/c1-3-9-23(10-4-2)17(24)15-7-8-16(22-21-15)20-12-5-6-13(18)14(19)11-12/h5-8,11H,3-4,9-10H2,1-2H3,(H,20,22). The lowest BCUT2D eigenvalue weighted by Gasteiger charge is -2.20. The van der Waals surface area contributed by atoms with E-state index < -0.39 is 11.6 Å². The van der Waals surface area contributed by atoms with Gasteiger partial charge in [0.05, 0.1) is 0 Å². The minimum absolute atomic E-state index is 0.162. The highest BCUT2D eigenvalue weighted by Gasteiger charge is 2.16. The fraction of sp³-hybridized carbons (Fsp3) is 0.353. The summed E-state index contributed by atoms with van der Waals surface area (Å²) in [5, 5.41) is 10.7. The lowest BCUT2D eigenvalue weighted by atomic mass is 10.2. The Balaban J connectivity index is 2.09. The molecule has 24 heavy (non-hydrogen) atoms. The van der Waals surface area contributed by atoms with E-state index in [1.807, 2.05) is 13.8 Å². The average Bonchev–Trinajstić information content (AvgIpc) is 2.58. The summed E-state index contributed by atoms with van der Waals surface area (Å²) in [6.45, 7) is 5.36. The zero-order chi connectivity index (χ0) is 17.5. The molecule has 5 nitrogen and oxygen atoms in total. The monoisotopic (exact) mass is 334 g/mol. The Kier molecular flexibility index (Phi) is 6.17. The SMILES string of the molecule is CCCN(CCC)C(=O)c1ccc(Nc2ccc(F)c(F)c2)nn1. The molecule has 1 aromatic carbocycles. The first-order valence-electron chi connectivity index (χ1n) is 7.90. The number of halogens is 2. The highest BCUT2D eigenvalue weighted by Crippen LogP contribution is 2.17. The van der Waals surface area contributed by atoms with Gasteiger partial charge in [0, 0.05) is 24.8 Å². The summed E-state index contributed by atoms with van der Waals surface area (Å²) in [5.74, 6) is -1.69. The first-order valence-corrected chi connectivity index (χ1v) is 7.90. The molecule has 7 heteroatoms. The van der Waals surface area contributed by atoms with Crippen molar-refractivity contribution in [2.24, 2.45) is 0 Å². The zero-order valence-corrected chi connectivity index (χ0v) is 13.7. The summed E-state index contributed by atoms with van der Waals surface area (Å²) in [7, 11) is 0. The Labute approximate surface area is 139 Å². The van der Waals surface area contributed by atoms with Crippen molar-refractivity contribution in [3.05, 3.63) is 47.7 Å². The molecule has 2 rings (SSSR count). The molecule has 1 aromatic heterocycles. The third-order valence-corrected chi connectivity index (χ3v) is 3.35. The number of carbonyl (C=O) groups is 1. The van der Waals surface area contributed by atoms with Crippen molar-refractivity contribution in [3.63, 3.8) is 0 Å². The Hall–Kier alpha value is -2.57. The van der Waals surface area contributed by atoms with Gasteiger partial charge in [0.25, 0.3) is 5.91 Å². The highest BCUT2D eigenvalue weighted by molar-refractivity contribution is 5.92. The largest absolute Gasteiger partial charge is 0.339 e. The molecular formula is C17H20F2N4O. The number of nitrogens with zero attached hydrogens (tertiary/aromatic N) is 3. The van der Waals surface area contributed by atoms with Crippen LogP contribution in [0.5, 0.6) is 0 Å². The van der Waals surface area contributed by atoms with Crippen LogP contribution in [0.25, 0.3) is 0 Å². The third-order valence-electron chi connectivity index (χ3n) is 3.35. The minimum Gasteiger partial charge on any atom is -0.339 e. The van der Waals surface area contributed by atoms with Crippen LogP contribution in [0.3, 0.4) is 0 Å². The molecule has 2 aromatic rings. The van der Waals surface area contributed by atoms with Crippen molar-refractivity contribution in [2.45, 2.75) is 26.7 Å². The number of rotatable bonds is 7. The smallest absolute Gasteiger partial charge is 0.274 e. The molecule has 0 atom stereocenters. The number of amides is 1. The maximum atomic E-state index is 13.2. The van der Waals surface area contributed by atoms with E-state index in [0.29, 0.717) is 24.6 Å². The van der Waals surface area contributed by atoms with Crippen LogP contribution < -0.4 is 5.32 Å². The number of benzene rings is 1. The fourth-order valence-electron chi connectivity index (χ4n) is 2.25. The predicted octanol–water partition coefficient (Wildman–Crippen LogP) is 3.76.